The first-order valence-electron chi connectivity index (χ1n) is 10.6. The van der Waals surface area contributed by atoms with Gasteiger partial charge in [0.15, 0.2) is 5.82 Å². The van der Waals surface area contributed by atoms with Crippen molar-refractivity contribution >= 4 is 11.8 Å². The summed E-state index contributed by atoms with van der Waals surface area (Å²) in [6, 6.07) is -0.190. The molecule has 0 unspecified atom stereocenters. The Morgan fingerprint density at radius 1 is 1.29 bits per heavy atom. The largest absolute Gasteiger partial charge is 0.383 e. The SMILES string of the molecule is COCCN1C[C@@H](C(=O)N[C@@H]2CC(C)(C)Cc3nc(-c4cnccn4)ncc32)CC1=O. The molecule has 3 heterocycles. The van der Waals surface area contributed by atoms with Crippen LogP contribution in [-0.2, 0) is 20.7 Å². The van der Waals surface area contributed by atoms with Gasteiger partial charge in [-0.15, -0.1) is 0 Å². The van der Waals surface area contributed by atoms with Crippen LogP contribution in [-0.4, -0.2) is 63.5 Å². The van der Waals surface area contributed by atoms with Crippen LogP contribution >= 0.6 is 0 Å². The standard InChI is InChI=1S/C22H28N6O3/c1-22(2)9-16-15(11-25-20(26-16)18-12-23-4-5-24-18)17(10-22)27-21(30)14-8-19(29)28(13-14)6-7-31-3/h4-5,11-12,14,17H,6-10,13H2,1-3H3,(H,27,30)/t14-,17+/m0/s1. The van der Waals surface area contributed by atoms with Gasteiger partial charge in [-0.1, -0.05) is 13.8 Å². The lowest BCUT2D eigenvalue weighted by Gasteiger charge is -2.36. The summed E-state index contributed by atoms with van der Waals surface area (Å²) in [6.45, 7) is 5.75. The lowest BCUT2D eigenvalue weighted by molar-refractivity contribution is -0.129. The van der Waals surface area contributed by atoms with E-state index in [0.29, 0.717) is 31.2 Å². The first kappa shape index (κ1) is 21.3. The zero-order valence-electron chi connectivity index (χ0n) is 18.2. The average molecular weight is 425 g/mol. The van der Waals surface area contributed by atoms with Gasteiger partial charge in [-0.05, 0) is 18.3 Å². The highest BCUT2D eigenvalue weighted by atomic mass is 16.5. The van der Waals surface area contributed by atoms with Crippen LogP contribution in [0.5, 0.6) is 0 Å². The summed E-state index contributed by atoms with van der Waals surface area (Å²) in [5.41, 5.74) is 2.44. The van der Waals surface area contributed by atoms with Crippen LogP contribution in [0.1, 0.15) is 44.0 Å². The Bertz CT molecular complexity index is 965. The molecule has 2 aromatic rings. The second kappa shape index (κ2) is 8.66. The molecular weight excluding hydrogens is 396 g/mol. The maximum absolute atomic E-state index is 13.0. The van der Waals surface area contributed by atoms with E-state index in [4.69, 9.17) is 9.72 Å². The number of carbonyl (C=O) groups is 2. The molecule has 0 saturated carbocycles. The van der Waals surface area contributed by atoms with Crippen LogP contribution in [0.15, 0.2) is 24.8 Å². The Morgan fingerprint density at radius 3 is 2.87 bits per heavy atom. The van der Waals surface area contributed by atoms with Crippen molar-refractivity contribution in [2.45, 2.75) is 39.2 Å². The van der Waals surface area contributed by atoms with Gasteiger partial charge in [0.25, 0.3) is 0 Å². The molecule has 9 nitrogen and oxygen atoms in total. The Morgan fingerprint density at radius 2 is 2.13 bits per heavy atom. The number of rotatable bonds is 6. The summed E-state index contributed by atoms with van der Waals surface area (Å²) >= 11 is 0. The number of nitrogens with zero attached hydrogens (tertiary/aromatic N) is 5. The molecule has 0 radical (unpaired) electrons. The minimum absolute atomic E-state index is 0.00137. The number of hydrogen-bond acceptors (Lipinski definition) is 7. The lowest BCUT2D eigenvalue weighted by atomic mass is 9.74. The van der Waals surface area contributed by atoms with Crippen molar-refractivity contribution in [2.75, 3.05) is 26.8 Å². The number of fused-ring (bicyclic) bond motifs is 1. The fraction of sp³-hybridized carbons (Fsp3) is 0.545. The lowest BCUT2D eigenvalue weighted by Crippen LogP contribution is -2.40. The van der Waals surface area contributed by atoms with Gasteiger partial charge in [0.1, 0.15) is 5.69 Å². The fourth-order valence-corrected chi connectivity index (χ4v) is 4.37. The van der Waals surface area contributed by atoms with Gasteiger partial charge in [0.2, 0.25) is 11.8 Å². The number of likely N-dealkylation sites (tertiary alicyclic amines) is 1. The number of carbonyl (C=O) groups excluding carboxylic acids is 2. The third-order valence-electron chi connectivity index (χ3n) is 5.94. The third-order valence-corrected chi connectivity index (χ3v) is 5.94. The molecule has 1 N–H and O–H groups in total. The van der Waals surface area contributed by atoms with Crippen LogP contribution < -0.4 is 5.32 Å². The van der Waals surface area contributed by atoms with E-state index in [0.717, 1.165) is 24.1 Å². The highest BCUT2D eigenvalue weighted by molar-refractivity contribution is 5.89. The van der Waals surface area contributed by atoms with E-state index >= 15 is 0 Å². The van der Waals surface area contributed by atoms with Crippen LogP contribution in [0.3, 0.4) is 0 Å². The highest BCUT2D eigenvalue weighted by Crippen LogP contribution is 2.40. The summed E-state index contributed by atoms with van der Waals surface area (Å²) in [7, 11) is 1.60. The molecule has 2 aromatic heterocycles. The van der Waals surface area contributed by atoms with Crippen molar-refractivity contribution in [2.24, 2.45) is 11.3 Å². The monoisotopic (exact) mass is 424 g/mol. The van der Waals surface area contributed by atoms with Gasteiger partial charge >= 0.3 is 0 Å². The number of ether oxygens (including phenoxy) is 1. The summed E-state index contributed by atoms with van der Waals surface area (Å²) in [5, 5.41) is 3.17. The highest BCUT2D eigenvalue weighted by Gasteiger charge is 2.38. The van der Waals surface area contributed by atoms with E-state index in [9.17, 15) is 9.59 Å². The summed E-state index contributed by atoms with van der Waals surface area (Å²) in [6.07, 6.45) is 8.47. The Kier molecular flexibility index (Phi) is 5.95. The molecule has 4 rings (SSSR count). The Hall–Kier alpha value is -2.94. The quantitative estimate of drug-likeness (QED) is 0.749. The van der Waals surface area contributed by atoms with Gasteiger partial charge in [0.05, 0.1) is 30.5 Å². The topological polar surface area (TPSA) is 110 Å². The molecule has 31 heavy (non-hydrogen) atoms. The molecule has 164 valence electrons. The Labute approximate surface area is 181 Å². The van der Waals surface area contributed by atoms with Gasteiger partial charge in [-0.2, -0.15) is 0 Å². The predicted octanol–water partition coefficient (Wildman–Crippen LogP) is 1.56. The molecular formula is C22H28N6O3. The van der Waals surface area contributed by atoms with Crippen molar-refractivity contribution in [3.63, 3.8) is 0 Å². The first-order valence-corrected chi connectivity index (χ1v) is 10.6. The molecule has 9 heteroatoms. The third kappa shape index (κ3) is 4.71. The van der Waals surface area contributed by atoms with Crippen LogP contribution in [0.4, 0.5) is 0 Å². The van der Waals surface area contributed by atoms with Crippen molar-refractivity contribution in [1.82, 2.24) is 30.2 Å². The number of hydrogen-bond donors (Lipinski definition) is 1. The molecule has 1 aliphatic carbocycles. The van der Waals surface area contributed by atoms with Crippen LogP contribution in [0.25, 0.3) is 11.5 Å². The summed E-state index contributed by atoms with van der Waals surface area (Å²) in [4.78, 5) is 44.5. The van der Waals surface area contributed by atoms with Gasteiger partial charge in [-0.25, -0.2) is 15.0 Å². The number of amides is 2. The fourth-order valence-electron chi connectivity index (χ4n) is 4.37. The molecule has 2 aliphatic rings. The van der Waals surface area contributed by atoms with E-state index in [1.165, 1.54) is 0 Å². The summed E-state index contributed by atoms with van der Waals surface area (Å²) in [5.74, 6) is 0.0841. The van der Waals surface area contributed by atoms with Crippen molar-refractivity contribution in [3.05, 3.63) is 36.0 Å². The maximum Gasteiger partial charge on any atom is 0.225 e. The number of methoxy groups -OCH3 is 1. The Balaban J connectivity index is 1.52. The molecule has 2 amide bonds. The second-order valence-electron chi connectivity index (χ2n) is 9.03. The molecule has 1 aliphatic heterocycles. The van der Waals surface area contributed by atoms with Crippen LogP contribution in [0, 0.1) is 11.3 Å². The summed E-state index contributed by atoms with van der Waals surface area (Å²) < 4.78 is 5.06. The number of nitrogens with one attached hydrogen (secondary N) is 1. The average Bonchev–Trinajstić information content (AvgIpc) is 3.12. The van der Waals surface area contributed by atoms with Gasteiger partial charge < -0.3 is 15.0 Å². The normalized spacial score (nSPS) is 22.3. The maximum atomic E-state index is 13.0. The van der Waals surface area contributed by atoms with Crippen LogP contribution in [0.2, 0.25) is 0 Å². The van der Waals surface area contributed by atoms with E-state index in [1.807, 2.05) is 0 Å². The van der Waals surface area contributed by atoms with Crippen molar-refractivity contribution < 1.29 is 14.3 Å². The van der Waals surface area contributed by atoms with Crippen molar-refractivity contribution in [1.29, 1.82) is 0 Å². The zero-order valence-corrected chi connectivity index (χ0v) is 18.2. The predicted molar refractivity (Wildman–Crippen MR) is 113 cm³/mol. The number of aromatic nitrogens is 4. The minimum atomic E-state index is -0.349. The van der Waals surface area contributed by atoms with Crippen molar-refractivity contribution in [3.8, 4) is 11.5 Å². The molecule has 0 aromatic carbocycles. The second-order valence-corrected chi connectivity index (χ2v) is 9.03. The molecule has 0 spiro atoms. The van der Waals surface area contributed by atoms with E-state index in [2.05, 4.69) is 34.1 Å². The molecule has 0 bridgehead atoms. The molecule has 1 saturated heterocycles. The first-order chi connectivity index (χ1) is 14.9. The van der Waals surface area contributed by atoms with E-state index in [1.54, 1.807) is 36.8 Å². The van der Waals surface area contributed by atoms with Gasteiger partial charge in [-0.3, -0.25) is 14.6 Å². The van der Waals surface area contributed by atoms with E-state index < -0.39 is 0 Å². The van der Waals surface area contributed by atoms with Gasteiger partial charge in [0, 0.05) is 50.8 Å². The smallest absolute Gasteiger partial charge is 0.225 e. The molecule has 1 fully saturated rings. The van der Waals surface area contributed by atoms with E-state index in [-0.39, 0.29) is 35.6 Å². The molecule has 2 atom stereocenters. The zero-order chi connectivity index (χ0) is 22.0. The minimum Gasteiger partial charge on any atom is -0.383 e.